The van der Waals surface area contributed by atoms with E-state index in [0.717, 1.165) is 5.56 Å². The zero-order valence-corrected chi connectivity index (χ0v) is 14.4. The lowest BCUT2D eigenvalue weighted by molar-refractivity contribution is 0.0470. The zero-order valence-electron chi connectivity index (χ0n) is 14.4. The molecule has 0 aromatic heterocycles. The zero-order chi connectivity index (χ0) is 17.3. The van der Waals surface area contributed by atoms with E-state index in [0.29, 0.717) is 18.9 Å². The summed E-state index contributed by atoms with van der Waals surface area (Å²) in [5.41, 5.74) is 0.0198. The van der Waals surface area contributed by atoms with Gasteiger partial charge in [0.05, 0.1) is 11.6 Å². The summed E-state index contributed by atoms with van der Waals surface area (Å²) in [6.07, 6.45) is -0.433. The molecule has 1 aliphatic heterocycles. The number of nitrogens with one attached hydrogen (secondary N) is 2. The number of rotatable bonds is 4. The summed E-state index contributed by atoms with van der Waals surface area (Å²) in [4.78, 5) is 11.9. The molecule has 6 nitrogen and oxygen atoms in total. The molecule has 3 N–H and O–H groups in total. The molecule has 0 saturated carbocycles. The summed E-state index contributed by atoms with van der Waals surface area (Å²) in [5, 5.41) is 15.7. The number of phenols is 1. The highest BCUT2D eigenvalue weighted by molar-refractivity contribution is 5.68. The van der Waals surface area contributed by atoms with Gasteiger partial charge in [-0.15, -0.1) is 0 Å². The molecule has 6 heteroatoms. The topological polar surface area (TPSA) is 79.8 Å². The van der Waals surface area contributed by atoms with Crippen LogP contribution in [0.2, 0.25) is 0 Å². The largest absolute Gasteiger partial charge is 0.508 e. The van der Waals surface area contributed by atoms with Gasteiger partial charge in [-0.1, -0.05) is 0 Å². The van der Waals surface area contributed by atoms with Gasteiger partial charge in [0.15, 0.2) is 0 Å². The molecule has 1 aromatic carbocycles. The lowest BCUT2D eigenvalue weighted by Gasteiger charge is -2.30. The SMILES string of the molecule is CC(C)(CNC1COc2cc(O)ccc21)NC(=O)OC(C)(C)C. The Bertz CT molecular complexity index is 578. The first-order valence-electron chi connectivity index (χ1n) is 7.76. The first kappa shape index (κ1) is 17.4. The van der Waals surface area contributed by atoms with E-state index in [1.807, 2.05) is 40.7 Å². The van der Waals surface area contributed by atoms with Crippen molar-refractivity contribution in [3.05, 3.63) is 23.8 Å². The molecule has 0 saturated heterocycles. The van der Waals surface area contributed by atoms with Crippen LogP contribution in [0.25, 0.3) is 0 Å². The molecule has 0 spiro atoms. The Hall–Kier alpha value is -1.95. The fourth-order valence-corrected chi connectivity index (χ4v) is 2.37. The molecule has 2 rings (SSSR count). The van der Waals surface area contributed by atoms with Crippen LogP contribution in [0.4, 0.5) is 4.79 Å². The smallest absolute Gasteiger partial charge is 0.408 e. The lowest BCUT2D eigenvalue weighted by Crippen LogP contribution is -2.52. The number of aromatic hydroxyl groups is 1. The van der Waals surface area contributed by atoms with Crippen LogP contribution in [0.3, 0.4) is 0 Å². The van der Waals surface area contributed by atoms with Crippen LogP contribution in [-0.2, 0) is 4.74 Å². The molecular formula is C17H26N2O4. The van der Waals surface area contributed by atoms with Gasteiger partial charge in [-0.3, -0.25) is 0 Å². The molecule has 1 heterocycles. The van der Waals surface area contributed by atoms with E-state index in [9.17, 15) is 9.90 Å². The van der Waals surface area contributed by atoms with E-state index in [2.05, 4.69) is 10.6 Å². The Morgan fingerprint density at radius 2 is 2.04 bits per heavy atom. The van der Waals surface area contributed by atoms with Gasteiger partial charge in [0.25, 0.3) is 0 Å². The van der Waals surface area contributed by atoms with Gasteiger partial charge in [0.2, 0.25) is 0 Å². The number of alkyl carbamates (subject to hydrolysis) is 1. The van der Waals surface area contributed by atoms with Crippen LogP contribution in [0.5, 0.6) is 11.5 Å². The molecule has 1 unspecified atom stereocenters. The van der Waals surface area contributed by atoms with Gasteiger partial charge < -0.3 is 25.2 Å². The minimum Gasteiger partial charge on any atom is -0.508 e. The number of hydrogen-bond donors (Lipinski definition) is 3. The lowest BCUT2D eigenvalue weighted by atomic mass is 10.0. The number of phenolic OH excluding ortho intramolecular Hbond substituents is 1. The molecule has 0 radical (unpaired) electrons. The molecule has 23 heavy (non-hydrogen) atoms. The minimum atomic E-state index is -0.520. The molecule has 0 fully saturated rings. The van der Waals surface area contributed by atoms with Crippen LogP contribution in [-0.4, -0.2) is 35.5 Å². The monoisotopic (exact) mass is 322 g/mol. The van der Waals surface area contributed by atoms with Gasteiger partial charge in [-0.25, -0.2) is 4.79 Å². The van der Waals surface area contributed by atoms with Crippen molar-refractivity contribution >= 4 is 6.09 Å². The van der Waals surface area contributed by atoms with Crippen molar-refractivity contribution in [1.29, 1.82) is 0 Å². The quantitative estimate of drug-likeness (QED) is 0.794. The van der Waals surface area contributed by atoms with Gasteiger partial charge in [-0.05, 0) is 46.8 Å². The Kier molecular flexibility index (Phi) is 4.75. The van der Waals surface area contributed by atoms with Crippen LogP contribution in [0.1, 0.15) is 46.2 Å². The first-order chi connectivity index (χ1) is 10.6. The van der Waals surface area contributed by atoms with Gasteiger partial charge in [-0.2, -0.15) is 0 Å². The molecule has 1 aliphatic rings. The summed E-state index contributed by atoms with van der Waals surface area (Å²) in [6.45, 7) is 10.4. The highest BCUT2D eigenvalue weighted by Gasteiger charge is 2.29. The van der Waals surface area contributed by atoms with E-state index in [-0.39, 0.29) is 11.8 Å². The Labute approximate surface area is 137 Å². The second kappa shape index (κ2) is 6.28. The minimum absolute atomic E-state index is 0.0327. The molecule has 1 aromatic rings. The fourth-order valence-electron chi connectivity index (χ4n) is 2.37. The van der Waals surface area contributed by atoms with E-state index >= 15 is 0 Å². The van der Waals surface area contributed by atoms with E-state index in [4.69, 9.17) is 9.47 Å². The molecule has 1 atom stereocenters. The van der Waals surface area contributed by atoms with Crippen LogP contribution in [0, 0.1) is 0 Å². The van der Waals surface area contributed by atoms with Crippen LogP contribution < -0.4 is 15.4 Å². The van der Waals surface area contributed by atoms with E-state index < -0.39 is 17.2 Å². The van der Waals surface area contributed by atoms with Crippen molar-refractivity contribution in [2.75, 3.05) is 13.2 Å². The average Bonchev–Trinajstić information content (AvgIpc) is 2.75. The summed E-state index contributed by atoms with van der Waals surface area (Å²) < 4.78 is 10.9. The maximum Gasteiger partial charge on any atom is 0.408 e. The Balaban J connectivity index is 1.90. The van der Waals surface area contributed by atoms with E-state index in [1.54, 1.807) is 12.1 Å². The normalized spacial score (nSPS) is 17.3. The molecular weight excluding hydrogens is 296 g/mol. The number of carbonyl (C=O) groups is 1. The summed E-state index contributed by atoms with van der Waals surface area (Å²) in [6, 6.07) is 5.14. The summed E-state index contributed by atoms with van der Waals surface area (Å²) >= 11 is 0. The van der Waals surface area contributed by atoms with Crippen LogP contribution in [0.15, 0.2) is 18.2 Å². The number of benzene rings is 1. The predicted molar refractivity (Wildman–Crippen MR) is 87.8 cm³/mol. The molecule has 128 valence electrons. The van der Waals surface area contributed by atoms with Gasteiger partial charge >= 0.3 is 6.09 Å². The number of fused-ring (bicyclic) bond motifs is 1. The highest BCUT2D eigenvalue weighted by atomic mass is 16.6. The van der Waals surface area contributed by atoms with Crippen molar-refractivity contribution in [3.63, 3.8) is 0 Å². The Morgan fingerprint density at radius 3 is 2.70 bits per heavy atom. The second-order valence-corrected chi connectivity index (χ2v) is 7.48. The third-order valence-electron chi connectivity index (χ3n) is 3.41. The Morgan fingerprint density at radius 1 is 1.35 bits per heavy atom. The van der Waals surface area contributed by atoms with Crippen molar-refractivity contribution in [3.8, 4) is 11.5 Å². The first-order valence-corrected chi connectivity index (χ1v) is 7.76. The molecule has 0 bridgehead atoms. The summed E-state index contributed by atoms with van der Waals surface area (Å²) in [7, 11) is 0. The van der Waals surface area contributed by atoms with E-state index in [1.165, 1.54) is 0 Å². The van der Waals surface area contributed by atoms with Crippen LogP contribution >= 0.6 is 0 Å². The standard InChI is InChI=1S/C17H26N2O4/c1-16(2,3)23-15(21)19-17(4,5)10-18-13-9-22-14-8-11(20)6-7-12(13)14/h6-8,13,18,20H,9-10H2,1-5H3,(H,19,21). The number of carbonyl (C=O) groups excluding carboxylic acids is 1. The maximum absolute atomic E-state index is 11.9. The average molecular weight is 322 g/mol. The molecule has 0 aliphatic carbocycles. The van der Waals surface area contributed by atoms with Crippen molar-refractivity contribution in [2.24, 2.45) is 0 Å². The van der Waals surface area contributed by atoms with Gasteiger partial charge in [0, 0.05) is 18.2 Å². The molecule has 1 amide bonds. The van der Waals surface area contributed by atoms with Crippen molar-refractivity contribution in [1.82, 2.24) is 10.6 Å². The number of ether oxygens (including phenoxy) is 2. The predicted octanol–water partition coefficient (Wildman–Crippen LogP) is 2.72. The number of amides is 1. The third-order valence-corrected chi connectivity index (χ3v) is 3.41. The second-order valence-electron chi connectivity index (χ2n) is 7.48. The van der Waals surface area contributed by atoms with Gasteiger partial charge in [0.1, 0.15) is 23.7 Å². The highest BCUT2D eigenvalue weighted by Crippen LogP contribution is 2.34. The van der Waals surface area contributed by atoms with Crippen molar-refractivity contribution < 1.29 is 19.4 Å². The maximum atomic E-state index is 11.9. The van der Waals surface area contributed by atoms with Crippen molar-refractivity contribution in [2.45, 2.75) is 51.8 Å². The summed E-state index contributed by atoms with van der Waals surface area (Å²) in [5.74, 6) is 0.886. The number of hydrogen-bond acceptors (Lipinski definition) is 5. The fraction of sp³-hybridized carbons (Fsp3) is 0.588. The third kappa shape index (κ3) is 5.03.